The molecule has 0 aliphatic carbocycles. The van der Waals surface area contributed by atoms with Crippen LogP contribution in [0.2, 0.25) is 0 Å². The number of carboxylic acids is 1. The molecule has 0 saturated carbocycles. The Bertz CT molecular complexity index is 585. The minimum absolute atomic E-state index is 0.0401. The van der Waals surface area contributed by atoms with Gasteiger partial charge in [-0.25, -0.2) is 4.98 Å². The lowest BCUT2D eigenvalue weighted by Crippen LogP contribution is -2.01. The van der Waals surface area contributed by atoms with Crippen molar-refractivity contribution in [2.75, 3.05) is 12.4 Å². The monoisotopic (exact) mass is 294 g/mol. The molecule has 1 unspecified atom stereocenters. The molecule has 0 aromatic carbocycles. The first kappa shape index (κ1) is 14.4. The Morgan fingerprint density at radius 3 is 2.90 bits per heavy atom. The highest BCUT2D eigenvalue weighted by molar-refractivity contribution is 7.15. The van der Waals surface area contributed by atoms with E-state index in [1.807, 2.05) is 6.92 Å². The van der Waals surface area contributed by atoms with Gasteiger partial charge in [0, 0.05) is 13.3 Å². The first-order valence-corrected chi connectivity index (χ1v) is 6.70. The van der Waals surface area contributed by atoms with E-state index in [4.69, 9.17) is 9.84 Å². The standard InChI is InChI=1S/C12H14N4O3S/c1-7(19-2)11-15-16-12(20-11)14-9-4-3-8(6-13-9)5-10(17)18/h3-4,6-7H,5H2,1-2H3,(H,17,18)(H,13,14,16). The minimum Gasteiger partial charge on any atom is -0.481 e. The number of carbonyl (C=O) groups is 1. The van der Waals surface area contributed by atoms with E-state index in [0.29, 0.717) is 16.5 Å². The Hall–Kier alpha value is -2.06. The number of carboxylic acid groups (broad SMARTS) is 1. The molecular formula is C12H14N4O3S. The van der Waals surface area contributed by atoms with Crippen LogP contribution in [0, 0.1) is 0 Å². The summed E-state index contributed by atoms with van der Waals surface area (Å²) < 4.78 is 5.16. The second kappa shape index (κ2) is 6.40. The maximum atomic E-state index is 10.6. The second-order valence-corrected chi connectivity index (χ2v) is 5.08. The van der Waals surface area contributed by atoms with Crippen LogP contribution in [0.4, 0.5) is 10.9 Å². The molecule has 0 saturated heterocycles. The van der Waals surface area contributed by atoms with Gasteiger partial charge in [0.1, 0.15) is 16.9 Å². The van der Waals surface area contributed by atoms with E-state index in [2.05, 4.69) is 20.5 Å². The molecule has 2 rings (SSSR count). The van der Waals surface area contributed by atoms with E-state index in [-0.39, 0.29) is 12.5 Å². The molecule has 0 amide bonds. The van der Waals surface area contributed by atoms with E-state index in [1.54, 1.807) is 19.2 Å². The molecule has 2 N–H and O–H groups in total. The van der Waals surface area contributed by atoms with Crippen molar-refractivity contribution < 1.29 is 14.6 Å². The van der Waals surface area contributed by atoms with Gasteiger partial charge in [-0.15, -0.1) is 10.2 Å². The number of aromatic nitrogens is 3. The third kappa shape index (κ3) is 3.72. The lowest BCUT2D eigenvalue weighted by atomic mass is 10.2. The molecule has 2 aromatic heterocycles. The van der Waals surface area contributed by atoms with Crippen molar-refractivity contribution >= 4 is 28.3 Å². The number of hydrogen-bond donors (Lipinski definition) is 2. The number of pyridine rings is 1. The molecule has 8 heteroatoms. The number of nitrogens with zero attached hydrogens (tertiary/aromatic N) is 3. The predicted octanol–water partition coefficient (Wildman–Crippen LogP) is 2.01. The van der Waals surface area contributed by atoms with Crippen molar-refractivity contribution in [3.8, 4) is 0 Å². The largest absolute Gasteiger partial charge is 0.481 e. The first-order valence-electron chi connectivity index (χ1n) is 5.88. The summed E-state index contributed by atoms with van der Waals surface area (Å²) in [5.74, 6) is -0.290. The molecule has 20 heavy (non-hydrogen) atoms. The highest BCUT2D eigenvalue weighted by Gasteiger charge is 2.11. The van der Waals surface area contributed by atoms with E-state index < -0.39 is 5.97 Å². The summed E-state index contributed by atoms with van der Waals surface area (Å²) >= 11 is 1.38. The van der Waals surface area contributed by atoms with Gasteiger partial charge in [-0.1, -0.05) is 17.4 Å². The molecule has 0 bridgehead atoms. The molecule has 7 nitrogen and oxygen atoms in total. The fourth-order valence-electron chi connectivity index (χ4n) is 1.44. The average molecular weight is 294 g/mol. The SMILES string of the molecule is COC(C)c1nnc(Nc2ccc(CC(=O)O)cn2)s1. The predicted molar refractivity (Wildman–Crippen MR) is 74.2 cm³/mol. The maximum Gasteiger partial charge on any atom is 0.307 e. The third-order valence-electron chi connectivity index (χ3n) is 2.56. The Morgan fingerprint density at radius 2 is 2.30 bits per heavy atom. The topological polar surface area (TPSA) is 97.2 Å². The Morgan fingerprint density at radius 1 is 1.50 bits per heavy atom. The zero-order valence-electron chi connectivity index (χ0n) is 11.0. The van der Waals surface area contributed by atoms with Crippen molar-refractivity contribution in [1.82, 2.24) is 15.2 Å². The van der Waals surface area contributed by atoms with Crippen LogP contribution < -0.4 is 5.32 Å². The van der Waals surface area contributed by atoms with Crippen molar-refractivity contribution in [3.63, 3.8) is 0 Å². The van der Waals surface area contributed by atoms with E-state index >= 15 is 0 Å². The van der Waals surface area contributed by atoms with Crippen LogP contribution in [0.5, 0.6) is 0 Å². The highest BCUT2D eigenvalue weighted by atomic mass is 32.1. The van der Waals surface area contributed by atoms with Crippen LogP contribution in [-0.2, 0) is 16.0 Å². The lowest BCUT2D eigenvalue weighted by molar-refractivity contribution is -0.136. The number of nitrogens with one attached hydrogen (secondary N) is 1. The number of hydrogen-bond acceptors (Lipinski definition) is 7. The lowest BCUT2D eigenvalue weighted by Gasteiger charge is -2.03. The molecular weight excluding hydrogens is 280 g/mol. The minimum atomic E-state index is -0.880. The van der Waals surface area contributed by atoms with Crippen LogP contribution >= 0.6 is 11.3 Å². The van der Waals surface area contributed by atoms with E-state index in [1.165, 1.54) is 17.5 Å². The quantitative estimate of drug-likeness (QED) is 0.841. The summed E-state index contributed by atoms with van der Waals surface area (Å²) in [5.41, 5.74) is 0.647. The first-order chi connectivity index (χ1) is 9.58. The van der Waals surface area contributed by atoms with Gasteiger partial charge in [0.2, 0.25) is 5.13 Å². The summed E-state index contributed by atoms with van der Waals surface area (Å²) in [6.45, 7) is 1.89. The van der Waals surface area contributed by atoms with Crippen molar-refractivity contribution in [1.29, 1.82) is 0 Å². The molecule has 0 spiro atoms. The van der Waals surface area contributed by atoms with Crippen LogP contribution in [-0.4, -0.2) is 33.4 Å². The average Bonchev–Trinajstić information content (AvgIpc) is 2.88. The van der Waals surface area contributed by atoms with Gasteiger partial charge in [0.05, 0.1) is 6.42 Å². The van der Waals surface area contributed by atoms with Gasteiger partial charge in [0.15, 0.2) is 0 Å². The van der Waals surface area contributed by atoms with Crippen LogP contribution in [0.25, 0.3) is 0 Å². The van der Waals surface area contributed by atoms with Gasteiger partial charge in [0.25, 0.3) is 0 Å². The molecule has 0 fully saturated rings. The Kier molecular flexibility index (Phi) is 4.59. The van der Waals surface area contributed by atoms with Gasteiger partial charge >= 0.3 is 5.97 Å². The molecule has 2 aromatic rings. The van der Waals surface area contributed by atoms with Gasteiger partial charge in [-0.05, 0) is 18.6 Å². The van der Waals surface area contributed by atoms with Gasteiger partial charge < -0.3 is 15.2 Å². The summed E-state index contributed by atoms with van der Waals surface area (Å²) in [5, 5.41) is 21.1. The van der Waals surface area contributed by atoms with Crippen molar-refractivity contribution in [3.05, 3.63) is 28.9 Å². The number of aliphatic carboxylic acids is 1. The number of anilines is 2. The fraction of sp³-hybridized carbons (Fsp3) is 0.333. The fourth-order valence-corrected chi connectivity index (χ4v) is 2.22. The van der Waals surface area contributed by atoms with E-state index in [9.17, 15) is 4.79 Å². The molecule has 106 valence electrons. The third-order valence-corrected chi connectivity index (χ3v) is 3.56. The maximum absolute atomic E-state index is 10.6. The normalized spacial score (nSPS) is 12.1. The molecule has 1 atom stereocenters. The van der Waals surface area contributed by atoms with Gasteiger partial charge in [-0.3, -0.25) is 4.79 Å². The zero-order chi connectivity index (χ0) is 14.5. The summed E-state index contributed by atoms with van der Waals surface area (Å²) in [4.78, 5) is 14.7. The number of methoxy groups -OCH3 is 1. The second-order valence-electron chi connectivity index (χ2n) is 4.07. The van der Waals surface area contributed by atoms with Crippen LogP contribution in [0.3, 0.4) is 0 Å². The van der Waals surface area contributed by atoms with Crippen LogP contribution in [0.15, 0.2) is 18.3 Å². The molecule has 0 aliphatic heterocycles. The molecule has 0 radical (unpaired) electrons. The Balaban J connectivity index is 2.02. The number of ether oxygens (including phenoxy) is 1. The van der Waals surface area contributed by atoms with Crippen molar-refractivity contribution in [2.24, 2.45) is 0 Å². The summed E-state index contributed by atoms with van der Waals surface area (Å²) in [6, 6.07) is 3.42. The number of rotatable bonds is 6. The van der Waals surface area contributed by atoms with E-state index in [0.717, 1.165) is 5.01 Å². The van der Waals surface area contributed by atoms with Crippen LogP contribution in [0.1, 0.15) is 23.6 Å². The van der Waals surface area contributed by atoms with Crippen molar-refractivity contribution in [2.45, 2.75) is 19.4 Å². The highest BCUT2D eigenvalue weighted by Crippen LogP contribution is 2.25. The smallest absolute Gasteiger partial charge is 0.307 e. The summed E-state index contributed by atoms with van der Waals surface area (Å²) in [7, 11) is 1.61. The Labute approximate surface area is 119 Å². The molecule has 2 heterocycles. The zero-order valence-corrected chi connectivity index (χ0v) is 11.8. The van der Waals surface area contributed by atoms with Gasteiger partial charge in [-0.2, -0.15) is 0 Å². The molecule has 0 aliphatic rings. The summed E-state index contributed by atoms with van der Waals surface area (Å²) in [6.07, 6.45) is 1.38.